The van der Waals surface area contributed by atoms with E-state index >= 15 is 0 Å². The molecule has 0 atom stereocenters. The van der Waals surface area contributed by atoms with Gasteiger partial charge < -0.3 is 19.5 Å². The molecule has 3 rings (SSSR count). The number of hydrazone groups is 1. The molecule has 0 radical (unpaired) electrons. The molecule has 1 aliphatic rings. The number of benzene rings is 2. The van der Waals surface area contributed by atoms with Gasteiger partial charge >= 0.3 is 0 Å². The average Bonchev–Trinajstić information content (AvgIpc) is 2.67. The summed E-state index contributed by atoms with van der Waals surface area (Å²) in [6.07, 6.45) is 0. The Morgan fingerprint density at radius 2 is 1.85 bits per heavy atom. The topological polar surface area (TPSA) is 64.1 Å². The molecule has 0 spiro atoms. The van der Waals surface area contributed by atoms with Crippen LogP contribution in [-0.4, -0.2) is 30.6 Å². The summed E-state index contributed by atoms with van der Waals surface area (Å²) in [7, 11) is 0. The second-order valence-corrected chi connectivity index (χ2v) is 5.99. The minimum absolute atomic E-state index is 0.408. The lowest BCUT2D eigenvalue weighted by Gasteiger charge is -2.18. The van der Waals surface area contributed by atoms with E-state index in [4.69, 9.17) is 26.4 Å². The molecule has 0 saturated heterocycles. The fraction of sp³-hybridized carbons (Fsp3) is 0.263. The van der Waals surface area contributed by atoms with Crippen molar-refractivity contribution in [3.63, 3.8) is 0 Å². The molecule has 1 aliphatic heterocycles. The van der Waals surface area contributed by atoms with Crippen molar-refractivity contribution in [3.05, 3.63) is 48.0 Å². The highest BCUT2D eigenvalue weighted by molar-refractivity contribution is 7.80. The van der Waals surface area contributed by atoms with E-state index in [-0.39, 0.29) is 0 Å². The summed E-state index contributed by atoms with van der Waals surface area (Å²) in [4.78, 5) is 0. The zero-order valence-corrected chi connectivity index (χ0v) is 15.6. The summed E-state index contributed by atoms with van der Waals surface area (Å²) in [5.74, 6) is 2.32. The number of hydrogen-bond acceptors (Lipinski definition) is 5. The monoisotopic (exact) mass is 371 g/mol. The van der Waals surface area contributed by atoms with Gasteiger partial charge in [-0.15, -0.1) is 0 Å². The van der Waals surface area contributed by atoms with E-state index in [1.54, 1.807) is 0 Å². The van der Waals surface area contributed by atoms with Gasteiger partial charge in [0, 0.05) is 11.3 Å². The molecular weight excluding hydrogens is 350 g/mol. The number of nitrogens with one attached hydrogen (secondary N) is 2. The fourth-order valence-electron chi connectivity index (χ4n) is 2.43. The summed E-state index contributed by atoms with van der Waals surface area (Å²) in [6, 6.07) is 13.3. The minimum Gasteiger partial charge on any atom is -0.494 e. The standard InChI is InChI=1S/C19H21N3O3S/c1-3-23-16-7-5-15(6-8-16)20-19(26)22-21-13(2)14-4-9-17-18(12-14)25-11-10-24-17/h4-9,12H,3,10-11H2,1-2H3,(H2,20,22,26)/b21-13-. The van der Waals surface area contributed by atoms with Crippen LogP contribution >= 0.6 is 12.2 Å². The lowest BCUT2D eigenvalue weighted by atomic mass is 10.1. The van der Waals surface area contributed by atoms with E-state index < -0.39 is 0 Å². The molecule has 2 aromatic rings. The van der Waals surface area contributed by atoms with Gasteiger partial charge in [-0.25, -0.2) is 0 Å². The van der Waals surface area contributed by atoms with E-state index in [1.807, 2.05) is 56.3 Å². The smallest absolute Gasteiger partial charge is 0.191 e. The molecule has 0 fully saturated rings. The average molecular weight is 371 g/mol. The van der Waals surface area contributed by atoms with E-state index in [2.05, 4.69) is 15.8 Å². The van der Waals surface area contributed by atoms with Crippen LogP contribution in [0.2, 0.25) is 0 Å². The van der Waals surface area contributed by atoms with Gasteiger partial charge in [-0.1, -0.05) is 0 Å². The molecule has 6 nitrogen and oxygen atoms in total. The number of hydrogen-bond donors (Lipinski definition) is 2. The van der Waals surface area contributed by atoms with Gasteiger partial charge in [-0.2, -0.15) is 5.10 Å². The first kappa shape index (κ1) is 18.0. The summed E-state index contributed by atoms with van der Waals surface area (Å²) in [6.45, 7) is 5.62. The van der Waals surface area contributed by atoms with E-state index in [0.29, 0.717) is 24.9 Å². The molecule has 1 heterocycles. The molecule has 136 valence electrons. The Kier molecular flexibility index (Phi) is 5.91. The molecule has 0 bridgehead atoms. The first-order valence-electron chi connectivity index (χ1n) is 8.40. The number of ether oxygens (including phenoxy) is 3. The lowest BCUT2D eigenvalue weighted by molar-refractivity contribution is 0.171. The maximum atomic E-state index is 5.60. The number of thiocarbonyl (C=S) groups is 1. The van der Waals surface area contributed by atoms with Crippen molar-refractivity contribution in [3.8, 4) is 17.2 Å². The third kappa shape index (κ3) is 4.64. The van der Waals surface area contributed by atoms with Crippen LogP contribution in [0.3, 0.4) is 0 Å². The summed E-state index contributed by atoms with van der Waals surface area (Å²) in [5, 5.41) is 7.82. The van der Waals surface area contributed by atoms with Gasteiger partial charge in [0.1, 0.15) is 19.0 Å². The number of anilines is 1. The van der Waals surface area contributed by atoms with Gasteiger partial charge in [0.25, 0.3) is 0 Å². The quantitative estimate of drug-likeness (QED) is 0.476. The van der Waals surface area contributed by atoms with Crippen molar-refractivity contribution in [2.75, 3.05) is 25.1 Å². The van der Waals surface area contributed by atoms with Crippen LogP contribution in [0.4, 0.5) is 5.69 Å². The van der Waals surface area contributed by atoms with Crippen LogP contribution in [-0.2, 0) is 0 Å². The van der Waals surface area contributed by atoms with Crippen LogP contribution in [0.25, 0.3) is 0 Å². The van der Waals surface area contributed by atoms with Gasteiger partial charge in [-0.05, 0) is 68.5 Å². The zero-order valence-electron chi connectivity index (χ0n) is 14.7. The number of rotatable bonds is 5. The van der Waals surface area contributed by atoms with Crippen molar-refractivity contribution in [2.45, 2.75) is 13.8 Å². The molecule has 2 N–H and O–H groups in total. The molecular formula is C19H21N3O3S. The van der Waals surface area contributed by atoms with Crippen molar-refractivity contribution in [1.82, 2.24) is 5.43 Å². The summed E-state index contributed by atoms with van der Waals surface area (Å²) >= 11 is 5.28. The zero-order chi connectivity index (χ0) is 18.4. The molecule has 0 unspecified atom stereocenters. The predicted octanol–water partition coefficient (Wildman–Crippen LogP) is 3.57. The lowest BCUT2D eigenvalue weighted by Crippen LogP contribution is -2.25. The molecule has 7 heteroatoms. The SMILES string of the molecule is CCOc1ccc(NC(=S)N/N=C(/C)c2ccc3c(c2)OCCO3)cc1. The highest BCUT2D eigenvalue weighted by Gasteiger charge is 2.12. The van der Waals surface area contributed by atoms with Crippen molar-refractivity contribution < 1.29 is 14.2 Å². The molecule has 0 aromatic heterocycles. The van der Waals surface area contributed by atoms with Crippen LogP contribution in [0.1, 0.15) is 19.4 Å². The largest absolute Gasteiger partial charge is 0.494 e. The maximum Gasteiger partial charge on any atom is 0.191 e. The highest BCUT2D eigenvalue weighted by Crippen LogP contribution is 2.30. The fourth-order valence-corrected chi connectivity index (χ4v) is 2.59. The van der Waals surface area contributed by atoms with Gasteiger partial charge in [0.05, 0.1) is 12.3 Å². The van der Waals surface area contributed by atoms with E-state index in [9.17, 15) is 0 Å². The Balaban J connectivity index is 1.58. The number of fused-ring (bicyclic) bond motifs is 1. The summed E-state index contributed by atoms with van der Waals surface area (Å²) in [5.41, 5.74) is 5.44. The molecule has 0 saturated carbocycles. The predicted molar refractivity (Wildman–Crippen MR) is 107 cm³/mol. The Labute approximate surface area is 158 Å². The van der Waals surface area contributed by atoms with Crippen molar-refractivity contribution in [2.24, 2.45) is 5.10 Å². The van der Waals surface area contributed by atoms with E-state index in [0.717, 1.165) is 34.2 Å². The second-order valence-electron chi connectivity index (χ2n) is 5.58. The first-order chi connectivity index (χ1) is 12.7. The van der Waals surface area contributed by atoms with E-state index in [1.165, 1.54) is 0 Å². The molecule has 26 heavy (non-hydrogen) atoms. The van der Waals surface area contributed by atoms with Crippen molar-refractivity contribution in [1.29, 1.82) is 0 Å². The second kappa shape index (κ2) is 8.53. The highest BCUT2D eigenvalue weighted by atomic mass is 32.1. The Hall–Kier alpha value is -2.80. The Morgan fingerprint density at radius 3 is 2.58 bits per heavy atom. The Bertz CT molecular complexity index is 806. The van der Waals surface area contributed by atoms with Gasteiger partial charge in [-0.3, -0.25) is 5.43 Å². The van der Waals surface area contributed by atoms with Crippen LogP contribution in [0.15, 0.2) is 47.6 Å². The van der Waals surface area contributed by atoms with Crippen LogP contribution in [0, 0.1) is 0 Å². The Morgan fingerprint density at radius 1 is 1.12 bits per heavy atom. The van der Waals surface area contributed by atoms with Crippen LogP contribution < -0.4 is 25.0 Å². The molecule has 0 aliphatic carbocycles. The normalized spacial score (nSPS) is 13.1. The molecule has 2 aromatic carbocycles. The van der Waals surface area contributed by atoms with Crippen molar-refractivity contribution >= 4 is 28.7 Å². The molecule has 0 amide bonds. The summed E-state index contributed by atoms with van der Waals surface area (Å²) < 4.78 is 16.5. The third-order valence-electron chi connectivity index (χ3n) is 3.71. The maximum absolute atomic E-state index is 5.60. The number of nitrogens with zero attached hydrogens (tertiary/aromatic N) is 1. The minimum atomic E-state index is 0.408. The van der Waals surface area contributed by atoms with Gasteiger partial charge in [0.2, 0.25) is 0 Å². The van der Waals surface area contributed by atoms with Crippen LogP contribution in [0.5, 0.6) is 17.2 Å². The first-order valence-corrected chi connectivity index (χ1v) is 8.80. The third-order valence-corrected chi connectivity index (χ3v) is 3.90. The van der Waals surface area contributed by atoms with Gasteiger partial charge in [0.15, 0.2) is 16.6 Å².